The summed E-state index contributed by atoms with van der Waals surface area (Å²) in [6.07, 6.45) is 5.88. The molecule has 0 amide bonds. The number of hydrogen-bond acceptors (Lipinski definition) is 4. The van der Waals surface area contributed by atoms with Crippen LogP contribution in [0.1, 0.15) is 41.8 Å². The number of benzene rings is 1. The molecule has 0 radical (unpaired) electrons. The summed E-state index contributed by atoms with van der Waals surface area (Å²) in [6, 6.07) is 10.1. The van der Waals surface area contributed by atoms with Gasteiger partial charge < -0.3 is 13.7 Å². The molecule has 2 aromatic heterocycles. The highest BCUT2D eigenvalue weighted by atomic mass is 16.5. The highest BCUT2D eigenvalue weighted by molar-refractivity contribution is 5.62. The summed E-state index contributed by atoms with van der Waals surface area (Å²) in [5, 5.41) is 3.91. The number of nitrogens with zero attached hydrogens (tertiary/aromatic N) is 1. The molecule has 0 fully saturated rings. The molecule has 3 aromatic rings. The molecule has 0 atom stereocenters. The van der Waals surface area contributed by atoms with E-state index in [1.807, 2.05) is 25.1 Å². The molecule has 0 bridgehead atoms. The van der Waals surface area contributed by atoms with Crippen molar-refractivity contribution < 1.29 is 13.7 Å². The number of aryl methyl sites for hydroxylation is 4. The number of rotatable bonds is 8. The van der Waals surface area contributed by atoms with Gasteiger partial charge in [-0.1, -0.05) is 5.16 Å². The summed E-state index contributed by atoms with van der Waals surface area (Å²) < 4.78 is 16.7. The zero-order valence-corrected chi connectivity index (χ0v) is 15.2. The summed E-state index contributed by atoms with van der Waals surface area (Å²) >= 11 is 0. The average Bonchev–Trinajstić information content (AvgIpc) is 3.24. The molecule has 4 nitrogen and oxygen atoms in total. The molecule has 132 valence electrons. The second-order valence-corrected chi connectivity index (χ2v) is 6.51. The number of furan rings is 1. The Morgan fingerprint density at radius 3 is 2.44 bits per heavy atom. The van der Waals surface area contributed by atoms with E-state index in [9.17, 15) is 0 Å². The van der Waals surface area contributed by atoms with Gasteiger partial charge in [-0.3, -0.25) is 0 Å². The molecule has 2 heterocycles. The smallest absolute Gasteiger partial charge is 0.136 e. The minimum atomic E-state index is 0.733. The Hall–Kier alpha value is -2.49. The van der Waals surface area contributed by atoms with Gasteiger partial charge >= 0.3 is 0 Å². The Morgan fingerprint density at radius 1 is 1.00 bits per heavy atom. The second-order valence-electron chi connectivity index (χ2n) is 6.51. The molecule has 0 aliphatic carbocycles. The van der Waals surface area contributed by atoms with Crippen LogP contribution in [-0.2, 0) is 6.42 Å². The third kappa shape index (κ3) is 4.53. The number of aromatic nitrogens is 1. The van der Waals surface area contributed by atoms with E-state index >= 15 is 0 Å². The first-order chi connectivity index (χ1) is 12.1. The molecule has 0 spiro atoms. The van der Waals surface area contributed by atoms with Crippen molar-refractivity contribution in [3.8, 4) is 17.1 Å². The lowest BCUT2D eigenvalue weighted by Gasteiger charge is -2.13. The van der Waals surface area contributed by atoms with Crippen molar-refractivity contribution in [1.29, 1.82) is 0 Å². The Labute approximate surface area is 148 Å². The standard InChI is InChI=1S/C21H25NO3/c1-15-12-18(20-9-7-11-23-20)13-16(2)21(15)24-10-6-4-5-8-19-14-17(3)22-25-19/h7,9,11-14H,4-6,8,10H2,1-3H3. The summed E-state index contributed by atoms with van der Waals surface area (Å²) in [6.45, 7) is 6.85. The molecular formula is C21H25NO3. The van der Waals surface area contributed by atoms with Crippen LogP contribution < -0.4 is 4.74 Å². The summed E-state index contributed by atoms with van der Waals surface area (Å²) in [7, 11) is 0. The molecule has 0 N–H and O–H groups in total. The van der Waals surface area contributed by atoms with Crippen molar-refractivity contribution in [1.82, 2.24) is 5.16 Å². The Kier molecular flexibility index (Phi) is 5.59. The number of unbranched alkanes of at least 4 members (excludes halogenated alkanes) is 2. The van der Waals surface area contributed by atoms with E-state index in [1.165, 1.54) is 0 Å². The molecule has 25 heavy (non-hydrogen) atoms. The second kappa shape index (κ2) is 8.06. The predicted molar refractivity (Wildman–Crippen MR) is 97.9 cm³/mol. The van der Waals surface area contributed by atoms with Gasteiger partial charge in [0.15, 0.2) is 0 Å². The lowest BCUT2D eigenvalue weighted by atomic mass is 10.0. The normalized spacial score (nSPS) is 11.0. The van der Waals surface area contributed by atoms with E-state index in [1.54, 1.807) is 6.26 Å². The fourth-order valence-electron chi connectivity index (χ4n) is 3.05. The van der Waals surface area contributed by atoms with Crippen molar-refractivity contribution >= 4 is 0 Å². The number of hydrogen-bond donors (Lipinski definition) is 0. The van der Waals surface area contributed by atoms with Crippen molar-refractivity contribution in [3.05, 3.63) is 59.2 Å². The minimum Gasteiger partial charge on any atom is -0.493 e. The third-order valence-electron chi connectivity index (χ3n) is 4.26. The minimum absolute atomic E-state index is 0.733. The van der Waals surface area contributed by atoms with Crippen LogP contribution >= 0.6 is 0 Å². The van der Waals surface area contributed by atoms with Gasteiger partial charge in [-0.25, -0.2) is 0 Å². The van der Waals surface area contributed by atoms with Crippen molar-refractivity contribution in [2.75, 3.05) is 6.61 Å². The highest BCUT2D eigenvalue weighted by Gasteiger charge is 2.09. The monoisotopic (exact) mass is 339 g/mol. The van der Waals surface area contributed by atoms with Crippen LogP contribution in [0, 0.1) is 20.8 Å². The van der Waals surface area contributed by atoms with Crippen molar-refractivity contribution in [2.24, 2.45) is 0 Å². The summed E-state index contributed by atoms with van der Waals surface area (Å²) in [5.74, 6) is 2.85. The van der Waals surface area contributed by atoms with Crippen molar-refractivity contribution in [3.63, 3.8) is 0 Å². The molecule has 0 unspecified atom stereocenters. The topological polar surface area (TPSA) is 48.4 Å². The fraction of sp³-hybridized carbons (Fsp3) is 0.381. The summed E-state index contributed by atoms with van der Waals surface area (Å²) in [5.41, 5.74) is 4.32. The zero-order chi connectivity index (χ0) is 17.6. The van der Waals surface area contributed by atoms with Crippen molar-refractivity contribution in [2.45, 2.75) is 46.5 Å². The summed E-state index contributed by atoms with van der Waals surface area (Å²) in [4.78, 5) is 0. The molecule has 1 aromatic carbocycles. The zero-order valence-electron chi connectivity index (χ0n) is 15.2. The maximum atomic E-state index is 6.03. The van der Waals surface area contributed by atoms with E-state index in [0.29, 0.717) is 0 Å². The van der Waals surface area contributed by atoms with Gasteiger partial charge in [-0.15, -0.1) is 0 Å². The van der Waals surface area contributed by atoms with E-state index in [-0.39, 0.29) is 0 Å². The first kappa shape index (κ1) is 17.3. The lowest BCUT2D eigenvalue weighted by Crippen LogP contribution is -2.01. The van der Waals surface area contributed by atoms with Gasteiger partial charge in [-0.05, 0) is 75.4 Å². The van der Waals surface area contributed by atoms with E-state index < -0.39 is 0 Å². The van der Waals surface area contributed by atoms with Gasteiger partial charge in [-0.2, -0.15) is 0 Å². The Bertz CT molecular complexity index is 779. The molecule has 0 aliphatic heterocycles. The van der Waals surface area contributed by atoms with Gasteiger partial charge in [0.05, 0.1) is 18.6 Å². The largest absolute Gasteiger partial charge is 0.493 e. The fourth-order valence-corrected chi connectivity index (χ4v) is 3.05. The quantitative estimate of drug-likeness (QED) is 0.497. The van der Waals surface area contributed by atoms with Gasteiger partial charge in [0.25, 0.3) is 0 Å². The number of ether oxygens (including phenoxy) is 1. The Balaban J connectivity index is 1.46. The van der Waals surface area contributed by atoms with Crippen LogP contribution in [0.3, 0.4) is 0 Å². The van der Waals surface area contributed by atoms with E-state index in [4.69, 9.17) is 13.7 Å². The van der Waals surface area contributed by atoms with Crippen LogP contribution in [0.15, 0.2) is 45.5 Å². The van der Waals surface area contributed by atoms with Gasteiger partial charge in [0.1, 0.15) is 17.3 Å². The molecular weight excluding hydrogens is 314 g/mol. The van der Waals surface area contributed by atoms with E-state index in [2.05, 4.69) is 31.1 Å². The molecule has 3 rings (SSSR count). The van der Waals surface area contributed by atoms with Crippen LogP contribution in [-0.4, -0.2) is 11.8 Å². The molecule has 4 heteroatoms. The van der Waals surface area contributed by atoms with Gasteiger partial charge in [0.2, 0.25) is 0 Å². The third-order valence-corrected chi connectivity index (χ3v) is 4.26. The average molecular weight is 339 g/mol. The van der Waals surface area contributed by atoms with Crippen LogP contribution in [0.4, 0.5) is 0 Å². The Morgan fingerprint density at radius 2 is 1.80 bits per heavy atom. The lowest BCUT2D eigenvalue weighted by molar-refractivity contribution is 0.299. The molecule has 0 saturated carbocycles. The maximum absolute atomic E-state index is 6.03. The maximum Gasteiger partial charge on any atom is 0.136 e. The predicted octanol–water partition coefficient (Wildman–Crippen LogP) is 5.65. The van der Waals surface area contributed by atoms with Crippen LogP contribution in [0.2, 0.25) is 0 Å². The van der Waals surface area contributed by atoms with Crippen LogP contribution in [0.25, 0.3) is 11.3 Å². The van der Waals surface area contributed by atoms with Gasteiger partial charge in [0, 0.05) is 18.1 Å². The SMILES string of the molecule is Cc1cc(CCCCCOc2c(C)cc(-c3ccco3)cc2C)on1. The first-order valence-corrected chi connectivity index (χ1v) is 8.83. The highest BCUT2D eigenvalue weighted by Crippen LogP contribution is 2.30. The molecule has 0 saturated heterocycles. The van der Waals surface area contributed by atoms with Crippen LogP contribution in [0.5, 0.6) is 5.75 Å². The van der Waals surface area contributed by atoms with E-state index in [0.717, 1.165) is 71.9 Å². The molecule has 0 aliphatic rings. The first-order valence-electron chi connectivity index (χ1n) is 8.83.